The molecule has 0 aliphatic carbocycles. The summed E-state index contributed by atoms with van der Waals surface area (Å²) in [4.78, 5) is 0. The Bertz CT molecular complexity index is 639. The lowest BCUT2D eigenvalue weighted by atomic mass is 9.89. The van der Waals surface area contributed by atoms with Gasteiger partial charge >= 0.3 is 6.18 Å². The number of benzene rings is 2. The zero-order valence-electron chi connectivity index (χ0n) is 12.3. The van der Waals surface area contributed by atoms with Crippen LogP contribution in [-0.4, -0.2) is 0 Å². The third kappa shape index (κ3) is 3.10. The first-order chi connectivity index (χ1) is 9.71. The van der Waals surface area contributed by atoms with Crippen molar-refractivity contribution in [3.63, 3.8) is 0 Å². The molecule has 0 heterocycles. The number of alkyl halides is 3. The van der Waals surface area contributed by atoms with Crippen molar-refractivity contribution in [2.75, 3.05) is 0 Å². The Kier molecular flexibility index (Phi) is 4.10. The van der Waals surface area contributed by atoms with Crippen molar-refractivity contribution >= 4 is 0 Å². The minimum atomic E-state index is -4.33. The summed E-state index contributed by atoms with van der Waals surface area (Å²) in [5.74, 6) is 0. The molecule has 2 aromatic carbocycles. The van der Waals surface area contributed by atoms with Crippen LogP contribution in [0.1, 0.15) is 39.4 Å². The number of nitrogens with two attached hydrogens (primary N) is 1. The van der Waals surface area contributed by atoms with Gasteiger partial charge in [0.1, 0.15) is 0 Å². The highest BCUT2D eigenvalue weighted by molar-refractivity contribution is 5.45. The van der Waals surface area contributed by atoms with Gasteiger partial charge in [0.2, 0.25) is 0 Å². The van der Waals surface area contributed by atoms with Gasteiger partial charge in [-0.2, -0.15) is 13.2 Å². The van der Waals surface area contributed by atoms with Gasteiger partial charge in [-0.05, 0) is 60.7 Å². The summed E-state index contributed by atoms with van der Waals surface area (Å²) in [6.07, 6.45) is -4.33. The largest absolute Gasteiger partial charge is 0.416 e. The molecule has 112 valence electrons. The molecule has 0 fully saturated rings. The van der Waals surface area contributed by atoms with Crippen LogP contribution in [0.2, 0.25) is 0 Å². The summed E-state index contributed by atoms with van der Waals surface area (Å²) < 4.78 is 38.2. The fourth-order valence-electron chi connectivity index (χ4n) is 2.67. The predicted octanol–water partition coefficient (Wildman–Crippen LogP) is 4.68. The van der Waals surface area contributed by atoms with E-state index in [0.717, 1.165) is 34.4 Å². The first-order valence-electron chi connectivity index (χ1n) is 6.71. The van der Waals surface area contributed by atoms with Gasteiger partial charge in [0.15, 0.2) is 0 Å². The average Bonchev–Trinajstić information content (AvgIpc) is 2.37. The first kappa shape index (κ1) is 15.6. The summed E-state index contributed by atoms with van der Waals surface area (Å²) in [6.45, 7) is 5.58. The van der Waals surface area contributed by atoms with Crippen molar-refractivity contribution in [1.29, 1.82) is 0 Å². The van der Waals surface area contributed by atoms with Crippen molar-refractivity contribution in [3.8, 4) is 0 Å². The molecule has 0 aromatic heterocycles. The topological polar surface area (TPSA) is 26.0 Å². The standard InChI is InChI=1S/C17H18F3N/c1-10-5-4-6-11(2)15(10)16(21)14-8-7-13(9-12(14)3)17(18,19)20/h4-9,16H,21H2,1-3H3. The molecule has 4 heteroatoms. The average molecular weight is 293 g/mol. The lowest BCUT2D eigenvalue weighted by Crippen LogP contribution is -2.17. The highest BCUT2D eigenvalue weighted by atomic mass is 19.4. The van der Waals surface area contributed by atoms with Gasteiger partial charge in [-0.3, -0.25) is 0 Å². The molecule has 21 heavy (non-hydrogen) atoms. The molecule has 1 unspecified atom stereocenters. The molecule has 1 nitrogen and oxygen atoms in total. The summed E-state index contributed by atoms with van der Waals surface area (Å²) in [6, 6.07) is 9.17. The second kappa shape index (κ2) is 5.53. The van der Waals surface area contributed by atoms with E-state index in [1.165, 1.54) is 6.07 Å². The van der Waals surface area contributed by atoms with E-state index >= 15 is 0 Å². The van der Waals surface area contributed by atoms with Crippen LogP contribution in [-0.2, 0) is 6.18 Å². The SMILES string of the molecule is Cc1cc(C(F)(F)F)ccc1C(N)c1c(C)cccc1C. The van der Waals surface area contributed by atoms with Gasteiger partial charge in [-0.1, -0.05) is 24.3 Å². The van der Waals surface area contributed by atoms with E-state index in [0.29, 0.717) is 5.56 Å². The van der Waals surface area contributed by atoms with E-state index in [4.69, 9.17) is 5.73 Å². The molecule has 2 rings (SSSR count). The van der Waals surface area contributed by atoms with Crippen molar-refractivity contribution in [1.82, 2.24) is 0 Å². The fourth-order valence-corrected chi connectivity index (χ4v) is 2.67. The molecule has 1 atom stereocenters. The van der Waals surface area contributed by atoms with Crippen LogP contribution in [0.15, 0.2) is 36.4 Å². The van der Waals surface area contributed by atoms with E-state index in [-0.39, 0.29) is 0 Å². The molecular weight excluding hydrogens is 275 g/mol. The Morgan fingerprint density at radius 3 is 1.95 bits per heavy atom. The van der Waals surface area contributed by atoms with Gasteiger partial charge in [0.25, 0.3) is 0 Å². The first-order valence-corrected chi connectivity index (χ1v) is 6.71. The third-order valence-electron chi connectivity index (χ3n) is 3.79. The van der Waals surface area contributed by atoms with Crippen molar-refractivity contribution in [2.45, 2.75) is 33.0 Å². The minimum absolute atomic E-state index is 0.423. The van der Waals surface area contributed by atoms with Crippen molar-refractivity contribution in [3.05, 3.63) is 69.8 Å². The summed E-state index contributed by atoms with van der Waals surface area (Å²) in [7, 11) is 0. The Morgan fingerprint density at radius 1 is 0.905 bits per heavy atom. The minimum Gasteiger partial charge on any atom is -0.320 e. The van der Waals surface area contributed by atoms with Crippen molar-refractivity contribution < 1.29 is 13.2 Å². The molecule has 0 aliphatic rings. The third-order valence-corrected chi connectivity index (χ3v) is 3.79. The number of aryl methyl sites for hydroxylation is 3. The van der Waals surface area contributed by atoms with Gasteiger partial charge in [0.05, 0.1) is 11.6 Å². The van der Waals surface area contributed by atoms with Gasteiger partial charge in [-0.25, -0.2) is 0 Å². The predicted molar refractivity (Wildman–Crippen MR) is 78.1 cm³/mol. The summed E-state index contributed by atoms with van der Waals surface area (Å²) in [5.41, 5.74) is 9.99. The highest BCUT2D eigenvalue weighted by Crippen LogP contribution is 2.33. The van der Waals surface area contributed by atoms with E-state index in [9.17, 15) is 13.2 Å². The Hall–Kier alpha value is -1.81. The van der Waals surface area contributed by atoms with Crippen LogP contribution in [0.3, 0.4) is 0 Å². The smallest absolute Gasteiger partial charge is 0.320 e. The van der Waals surface area contributed by atoms with Crippen LogP contribution in [0.5, 0.6) is 0 Å². The van der Waals surface area contributed by atoms with Crippen LogP contribution in [0, 0.1) is 20.8 Å². The molecule has 0 amide bonds. The Balaban J connectivity index is 2.47. The molecule has 0 spiro atoms. The zero-order valence-corrected chi connectivity index (χ0v) is 12.3. The quantitative estimate of drug-likeness (QED) is 0.855. The lowest BCUT2D eigenvalue weighted by molar-refractivity contribution is -0.137. The van der Waals surface area contributed by atoms with E-state index < -0.39 is 17.8 Å². The molecule has 0 bridgehead atoms. The van der Waals surface area contributed by atoms with Gasteiger partial charge < -0.3 is 5.73 Å². The second-order valence-corrected chi connectivity index (χ2v) is 5.35. The summed E-state index contributed by atoms with van der Waals surface area (Å²) in [5, 5.41) is 0. The lowest BCUT2D eigenvalue weighted by Gasteiger charge is -2.20. The molecular formula is C17H18F3N. The van der Waals surface area contributed by atoms with Crippen LogP contribution in [0.4, 0.5) is 13.2 Å². The normalized spacial score (nSPS) is 13.3. The maximum absolute atomic E-state index is 12.7. The molecule has 2 N–H and O–H groups in total. The Labute approximate surface area is 122 Å². The fraction of sp³-hybridized carbons (Fsp3) is 0.294. The van der Waals surface area contributed by atoms with Gasteiger partial charge in [0, 0.05) is 0 Å². The second-order valence-electron chi connectivity index (χ2n) is 5.35. The molecule has 0 aliphatic heterocycles. The zero-order chi connectivity index (χ0) is 15.8. The number of hydrogen-bond acceptors (Lipinski definition) is 1. The Morgan fingerprint density at radius 2 is 1.48 bits per heavy atom. The number of hydrogen-bond donors (Lipinski definition) is 1. The molecule has 2 aromatic rings. The van der Waals surface area contributed by atoms with E-state index in [1.54, 1.807) is 6.92 Å². The van der Waals surface area contributed by atoms with Gasteiger partial charge in [-0.15, -0.1) is 0 Å². The number of halogens is 3. The number of rotatable bonds is 2. The monoisotopic (exact) mass is 293 g/mol. The summed E-state index contributed by atoms with van der Waals surface area (Å²) >= 11 is 0. The molecule has 0 saturated carbocycles. The van der Waals surface area contributed by atoms with E-state index in [2.05, 4.69) is 0 Å². The van der Waals surface area contributed by atoms with Crippen LogP contribution < -0.4 is 5.73 Å². The van der Waals surface area contributed by atoms with E-state index in [1.807, 2.05) is 32.0 Å². The molecule has 0 saturated heterocycles. The highest BCUT2D eigenvalue weighted by Gasteiger charge is 2.31. The molecule has 0 radical (unpaired) electrons. The van der Waals surface area contributed by atoms with Crippen LogP contribution >= 0.6 is 0 Å². The maximum Gasteiger partial charge on any atom is 0.416 e. The van der Waals surface area contributed by atoms with Crippen LogP contribution in [0.25, 0.3) is 0 Å². The maximum atomic E-state index is 12.7. The van der Waals surface area contributed by atoms with Crippen molar-refractivity contribution in [2.24, 2.45) is 5.73 Å².